The van der Waals surface area contributed by atoms with Gasteiger partial charge in [0.1, 0.15) is 0 Å². The molecule has 11 aliphatic carbocycles. The molecule has 11 rings (SSSR count). The van der Waals surface area contributed by atoms with Crippen molar-refractivity contribution in [2.45, 2.75) is 95.6 Å². The van der Waals surface area contributed by atoms with Gasteiger partial charge in [-0.25, -0.2) is 0 Å². The van der Waals surface area contributed by atoms with Gasteiger partial charge in [-0.3, -0.25) is 0 Å². The lowest BCUT2D eigenvalue weighted by Crippen LogP contribution is -2.24. The Bertz CT molecular complexity index is 1080. The molecule has 0 amide bonds. The van der Waals surface area contributed by atoms with Gasteiger partial charge in [-0.2, -0.15) is 0 Å². The topological polar surface area (TPSA) is 44.5 Å². The predicted octanol–water partition coefficient (Wildman–Crippen LogP) is 5.27. The van der Waals surface area contributed by atoms with E-state index in [1.807, 2.05) is 7.11 Å². The second kappa shape index (κ2) is 5.41. The van der Waals surface area contributed by atoms with Crippen molar-refractivity contribution in [2.24, 2.45) is 85.6 Å². The minimum Gasteiger partial charge on any atom is -0.400 e. The molecule has 0 heterocycles. The fraction of sp³-hybridized carbons (Fsp3) is 1.00. The van der Waals surface area contributed by atoms with Crippen LogP contribution in [0.2, 0.25) is 6.04 Å². The zero-order valence-electron chi connectivity index (χ0n) is 21.8. The van der Waals surface area contributed by atoms with E-state index in [-0.39, 0.29) is 0 Å². The minimum atomic E-state index is -1.55. The molecule has 3 nitrogen and oxygen atoms in total. The van der Waals surface area contributed by atoms with Gasteiger partial charge in [0, 0.05) is 12.5 Å². The Morgan fingerprint density at radius 1 is 0.800 bits per heavy atom. The summed E-state index contributed by atoms with van der Waals surface area (Å²) < 4.78 is 13.2. The maximum atomic E-state index is 7.14. The van der Waals surface area contributed by atoms with Crippen LogP contribution in [0.15, 0.2) is 0 Å². The van der Waals surface area contributed by atoms with Crippen molar-refractivity contribution in [1.29, 1.82) is 0 Å². The maximum absolute atomic E-state index is 7.14. The Morgan fingerprint density at radius 2 is 1.57 bits per heavy atom. The quantitative estimate of drug-likeness (QED) is 0.390. The first kappa shape index (κ1) is 20.1. The normalized spacial score (nSPS) is 72.0. The highest BCUT2D eigenvalue weighted by atomic mass is 28.3. The van der Waals surface area contributed by atoms with Gasteiger partial charge in [0.05, 0.1) is 6.10 Å². The fourth-order valence-electron chi connectivity index (χ4n) is 14.3. The summed E-state index contributed by atoms with van der Waals surface area (Å²) in [5, 5.41) is 0. The molecule has 6 spiro atoms. The minimum absolute atomic E-state index is 0.594. The van der Waals surface area contributed by atoms with Gasteiger partial charge in [0.15, 0.2) is 0 Å². The number of hydrogen-bond donors (Lipinski definition) is 1. The van der Waals surface area contributed by atoms with Crippen LogP contribution in [0.3, 0.4) is 0 Å². The third-order valence-electron chi connectivity index (χ3n) is 16.2. The molecule has 11 fully saturated rings. The number of rotatable bonds is 7. The summed E-state index contributed by atoms with van der Waals surface area (Å²) in [6, 6.07) is 1.17. The van der Waals surface area contributed by atoms with Gasteiger partial charge >= 0.3 is 9.28 Å². The Kier molecular flexibility index (Phi) is 3.10. The molecule has 190 valence electrons. The van der Waals surface area contributed by atoms with Crippen LogP contribution in [0.5, 0.6) is 0 Å². The predicted molar refractivity (Wildman–Crippen MR) is 135 cm³/mol. The van der Waals surface area contributed by atoms with E-state index in [1.165, 1.54) is 42.1 Å². The standard InChI is InChI=1S/C31H45NO2Si/c1-33-35(7-3-2-6-32)34-25-24-23-11-27(23)5-4-26(13-27)10-21(26)19-8-17(19)18-9-20(18)22-12-28(22)14-29(28)15-30(29)16-31(24,25)30/h17-25,35H,2-16,32H2,1H3. The van der Waals surface area contributed by atoms with Crippen LogP contribution in [0.1, 0.15) is 83.5 Å². The molecular weight excluding hydrogens is 446 g/mol. The smallest absolute Gasteiger partial charge is 0.321 e. The van der Waals surface area contributed by atoms with E-state index in [9.17, 15) is 0 Å². The van der Waals surface area contributed by atoms with Crippen LogP contribution in [0, 0.1) is 79.8 Å². The summed E-state index contributed by atoms with van der Waals surface area (Å²) in [7, 11) is 0.392. The van der Waals surface area contributed by atoms with E-state index in [0.29, 0.717) is 11.5 Å². The van der Waals surface area contributed by atoms with E-state index in [4.69, 9.17) is 14.6 Å². The molecule has 11 aliphatic rings. The molecule has 2 bridgehead atoms. The average molecular weight is 492 g/mol. The van der Waals surface area contributed by atoms with Crippen LogP contribution >= 0.6 is 0 Å². The highest BCUT2D eigenvalue weighted by molar-refractivity contribution is 6.44. The molecule has 11 saturated carbocycles. The van der Waals surface area contributed by atoms with Crippen LogP contribution < -0.4 is 5.73 Å². The third kappa shape index (κ3) is 2.01. The third-order valence-corrected chi connectivity index (χ3v) is 18.2. The zero-order valence-corrected chi connectivity index (χ0v) is 22.9. The number of fused-ring (bicyclic) bond motifs is 6. The molecule has 0 saturated heterocycles. The van der Waals surface area contributed by atoms with Gasteiger partial charge in [0.25, 0.3) is 0 Å². The second-order valence-corrected chi connectivity index (χ2v) is 19.1. The lowest BCUT2D eigenvalue weighted by molar-refractivity contribution is 0.189. The zero-order chi connectivity index (χ0) is 22.8. The van der Waals surface area contributed by atoms with E-state index in [2.05, 4.69) is 0 Å². The maximum Gasteiger partial charge on any atom is 0.321 e. The first-order valence-electron chi connectivity index (χ1n) is 15.9. The molecule has 0 aromatic heterocycles. The van der Waals surface area contributed by atoms with Crippen molar-refractivity contribution < 1.29 is 8.85 Å². The molecule has 4 heteroatoms. The Balaban J connectivity index is 0.926. The van der Waals surface area contributed by atoms with E-state index < -0.39 is 9.28 Å². The molecule has 16 atom stereocenters. The van der Waals surface area contributed by atoms with Crippen LogP contribution in [0.4, 0.5) is 0 Å². The average Bonchev–Trinajstić information content (AvgIpc) is 3.61. The van der Waals surface area contributed by atoms with Crippen molar-refractivity contribution in [3.8, 4) is 0 Å². The summed E-state index contributed by atoms with van der Waals surface area (Å²) in [6.07, 6.45) is 20.7. The summed E-state index contributed by atoms with van der Waals surface area (Å²) in [4.78, 5) is 0. The number of hydrogen-bond acceptors (Lipinski definition) is 3. The van der Waals surface area contributed by atoms with Crippen molar-refractivity contribution in [1.82, 2.24) is 0 Å². The van der Waals surface area contributed by atoms with E-state index >= 15 is 0 Å². The fourth-order valence-corrected chi connectivity index (χ4v) is 16.1. The lowest BCUT2D eigenvalue weighted by atomic mass is 9.92. The molecule has 0 aromatic rings. The van der Waals surface area contributed by atoms with Crippen molar-refractivity contribution >= 4 is 9.28 Å². The summed E-state index contributed by atoms with van der Waals surface area (Å²) in [5.74, 6) is 9.01. The first-order chi connectivity index (χ1) is 17.0. The van der Waals surface area contributed by atoms with Crippen molar-refractivity contribution in [3.63, 3.8) is 0 Å². The molecule has 0 aliphatic heterocycles. The Morgan fingerprint density at radius 3 is 2.37 bits per heavy atom. The van der Waals surface area contributed by atoms with Crippen LogP contribution in [0.25, 0.3) is 0 Å². The summed E-state index contributed by atoms with van der Waals surface area (Å²) in [6.45, 7) is 0.812. The Hall–Kier alpha value is 0.0969. The van der Waals surface area contributed by atoms with Crippen LogP contribution in [-0.2, 0) is 8.85 Å². The lowest BCUT2D eigenvalue weighted by Gasteiger charge is -2.15. The Labute approximate surface area is 212 Å². The SMILES string of the molecule is CO[SiH](CCCCN)OC1C2C3CC34CCC3(CC3C3CC3C3CC3C3CC35CC53CC35CC125)C4. The van der Waals surface area contributed by atoms with Gasteiger partial charge in [-0.15, -0.1) is 0 Å². The molecule has 35 heavy (non-hydrogen) atoms. The van der Waals surface area contributed by atoms with Gasteiger partial charge in [0.2, 0.25) is 0 Å². The van der Waals surface area contributed by atoms with E-state index in [0.717, 1.165) is 57.8 Å². The number of nitrogens with two attached hydrogens (primary N) is 1. The van der Waals surface area contributed by atoms with Crippen molar-refractivity contribution in [2.75, 3.05) is 13.7 Å². The van der Waals surface area contributed by atoms with Gasteiger partial charge in [-0.05, 0) is 164 Å². The molecule has 0 radical (unpaired) electrons. The highest BCUT2D eigenvalue weighted by Crippen LogP contribution is 3.12. The molecule has 0 aromatic carbocycles. The monoisotopic (exact) mass is 491 g/mol. The second-order valence-electron chi connectivity index (χ2n) is 16.9. The van der Waals surface area contributed by atoms with Gasteiger partial charge < -0.3 is 14.6 Å². The largest absolute Gasteiger partial charge is 0.400 e. The molecule has 2 N–H and O–H groups in total. The molecular formula is C31H45NO2Si. The summed E-state index contributed by atoms with van der Waals surface area (Å²) in [5.41, 5.74) is 10.4. The summed E-state index contributed by atoms with van der Waals surface area (Å²) >= 11 is 0. The molecule has 16 unspecified atom stereocenters. The first-order valence-corrected chi connectivity index (χ1v) is 17.7. The van der Waals surface area contributed by atoms with Crippen LogP contribution in [-0.4, -0.2) is 29.0 Å². The number of unbranched alkanes of at least 4 members (excludes halogenated alkanes) is 1. The van der Waals surface area contributed by atoms with E-state index in [1.54, 1.807) is 70.6 Å². The van der Waals surface area contributed by atoms with Crippen molar-refractivity contribution in [3.05, 3.63) is 0 Å². The van der Waals surface area contributed by atoms with Gasteiger partial charge in [-0.1, -0.05) is 6.42 Å². The highest BCUT2D eigenvalue weighted by Gasteiger charge is 3.08.